The first-order chi connectivity index (χ1) is 13.1. The molecule has 3 rings (SSSR count). The van der Waals surface area contributed by atoms with Crippen LogP contribution in [0.4, 0.5) is 5.82 Å². The van der Waals surface area contributed by atoms with Crippen LogP contribution in [0.15, 0.2) is 36.4 Å². The Kier molecular flexibility index (Phi) is 5.83. The second kappa shape index (κ2) is 8.46. The van der Waals surface area contributed by atoms with Crippen molar-refractivity contribution in [1.29, 1.82) is 0 Å². The molecule has 1 aromatic carbocycles. The largest absolute Gasteiger partial charge is 0.497 e. The summed E-state index contributed by atoms with van der Waals surface area (Å²) in [5.41, 5.74) is 3.14. The lowest BCUT2D eigenvalue weighted by molar-refractivity contribution is -0.104. The summed E-state index contributed by atoms with van der Waals surface area (Å²) in [6.07, 6.45) is 3.77. The Balaban J connectivity index is 1.84. The van der Waals surface area contributed by atoms with Crippen LogP contribution in [-0.2, 0) is 11.3 Å². The molecule has 0 saturated heterocycles. The average molecular weight is 384 g/mol. The molecule has 0 aliphatic carbocycles. The van der Waals surface area contributed by atoms with E-state index >= 15 is 0 Å². The van der Waals surface area contributed by atoms with E-state index in [4.69, 9.17) is 16.3 Å². The van der Waals surface area contributed by atoms with Crippen LogP contribution >= 0.6 is 11.6 Å². The van der Waals surface area contributed by atoms with Crippen LogP contribution in [0.5, 0.6) is 5.75 Å². The van der Waals surface area contributed by atoms with E-state index in [1.807, 2.05) is 31.2 Å². The molecule has 0 spiro atoms. The number of aryl methyl sites for hydroxylation is 1. The number of ether oxygens (including phenoxy) is 1. The van der Waals surface area contributed by atoms with E-state index in [1.54, 1.807) is 19.3 Å². The number of H-pyrrole nitrogens is 1. The van der Waals surface area contributed by atoms with Crippen molar-refractivity contribution < 1.29 is 9.53 Å². The van der Waals surface area contributed by atoms with Crippen molar-refractivity contribution in [2.75, 3.05) is 12.4 Å². The van der Waals surface area contributed by atoms with Crippen LogP contribution in [0.2, 0.25) is 5.15 Å². The maximum Gasteiger partial charge on any atom is 0.184 e. The number of nitrogens with one attached hydrogen (secondary N) is 2. The van der Waals surface area contributed by atoms with Crippen molar-refractivity contribution in [2.24, 2.45) is 0 Å². The molecule has 0 bridgehead atoms. The first kappa shape index (κ1) is 18.6. The minimum absolute atomic E-state index is 0.295. The standard InChI is InChI=1S/C19H18ClN5O2/c1-12-15(4-3-9-26)18(25-24-12)19-22-16(20)10-17(23-19)21-11-13-5-7-14(27-2)8-6-13/h3-10H,11H2,1-2H3,(H,24,25)(H,21,22,23). The molecule has 0 aliphatic rings. The minimum Gasteiger partial charge on any atom is -0.497 e. The number of aromatic nitrogens is 4. The van der Waals surface area contributed by atoms with Gasteiger partial charge in [0.15, 0.2) is 5.82 Å². The second-order valence-corrected chi connectivity index (χ2v) is 6.09. The molecule has 0 atom stereocenters. The quantitative estimate of drug-likeness (QED) is 0.367. The van der Waals surface area contributed by atoms with Gasteiger partial charge in [-0.25, -0.2) is 9.97 Å². The molecular weight excluding hydrogens is 366 g/mol. The Morgan fingerprint density at radius 3 is 2.74 bits per heavy atom. The van der Waals surface area contributed by atoms with Crippen molar-refractivity contribution in [3.8, 4) is 17.3 Å². The number of allylic oxidation sites excluding steroid dienone is 1. The fourth-order valence-corrected chi connectivity index (χ4v) is 2.68. The molecule has 8 heteroatoms. The predicted molar refractivity (Wildman–Crippen MR) is 105 cm³/mol. The van der Waals surface area contributed by atoms with Gasteiger partial charge >= 0.3 is 0 Å². The number of nitrogens with zero attached hydrogens (tertiary/aromatic N) is 3. The number of methoxy groups -OCH3 is 1. The molecule has 2 aromatic heterocycles. The molecule has 27 heavy (non-hydrogen) atoms. The van der Waals surface area contributed by atoms with E-state index in [2.05, 4.69) is 25.5 Å². The Labute approximate surface area is 161 Å². The molecule has 0 fully saturated rings. The van der Waals surface area contributed by atoms with Gasteiger partial charge < -0.3 is 10.1 Å². The van der Waals surface area contributed by atoms with Gasteiger partial charge in [-0.05, 0) is 36.8 Å². The van der Waals surface area contributed by atoms with E-state index in [1.165, 1.54) is 6.08 Å². The topological polar surface area (TPSA) is 92.8 Å². The van der Waals surface area contributed by atoms with Gasteiger partial charge in [-0.1, -0.05) is 23.7 Å². The molecule has 3 aromatic rings. The van der Waals surface area contributed by atoms with Gasteiger partial charge in [0.2, 0.25) is 0 Å². The highest BCUT2D eigenvalue weighted by atomic mass is 35.5. The summed E-state index contributed by atoms with van der Waals surface area (Å²) in [5, 5.41) is 10.6. The zero-order valence-corrected chi connectivity index (χ0v) is 15.6. The third-order valence-corrected chi connectivity index (χ3v) is 4.07. The smallest absolute Gasteiger partial charge is 0.184 e. The molecule has 0 aliphatic heterocycles. The molecule has 0 unspecified atom stereocenters. The maximum atomic E-state index is 10.6. The molecule has 7 nitrogen and oxygen atoms in total. The lowest BCUT2D eigenvalue weighted by Gasteiger charge is -2.08. The van der Waals surface area contributed by atoms with Gasteiger partial charge in [0.05, 0.1) is 7.11 Å². The Morgan fingerprint density at radius 1 is 1.26 bits per heavy atom. The highest BCUT2D eigenvalue weighted by Crippen LogP contribution is 2.25. The molecule has 138 valence electrons. The van der Waals surface area contributed by atoms with Gasteiger partial charge in [-0.2, -0.15) is 5.10 Å². The SMILES string of the molecule is COc1ccc(CNc2cc(Cl)nc(-c3n[nH]c(C)c3C=CC=O)n2)cc1. The molecule has 2 N–H and O–H groups in total. The van der Waals surface area contributed by atoms with Crippen LogP contribution in [0, 0.1) is 6.92 Å². The summed E-state index contributed by atoms with van der Waals surface area (Å²) >= 11 is 6.16. The number of carbonyl (C=O) groups is 1. The number of carbonyl (C=O) groups excluding carboxylic acids is 1. The number of aldehydes is 1. The first-order valence-corrected chi connectivity index (χ1v) is 8.57. The van der Waals surface area contributed by atoms with Gasteiger partial charge in [0, 0.05) is 23.9 Å². The van der Waals surface area contributed by atoms with Crippen molar-refractivity contribution in [3.63, 3.8) is 0 Å². The number of benzene rings is 1. The lowest BCUT2D eigenvalue weighted by atomic mass is 10.1. The second-order valence-electron chi connectivity index (χ2n) is 5.71. The summed E-state index contributed by atoms with van der Waals surface area (Å²) in [5.74, 6) is 1.75. The number of anilines is 1. The van der Waals surface area contributed by atoms with Crippen molar-refractivity contribution in [3.05, 3.63) is 58.4 Å². The molecule has 0 amide bonds. The van der Waals surface area contributed by atoms with Gasteiger partial charge in [-0.15, -0.1) is 0 Å². The fourth-order valence-electron chi connectivity index (χ4n) is 2.50. The normalized spacial score (nSPS) is 10.9. The Morgan fingerprint density at radius 2 is 2.04 bits per heavy atom. The molecule has 0 saturated carbocycles. The number of aromatic amines is 1. The van der Waals surface area contributed by atoms with E-state index in [-0.39, 0.29) is 0 Å². The van der Waals surface area contributed by atoms with E-state index in [0.717, 1.165) is 22.6 Å². The summed E-state index contributed by atoms with van der Waals surface area (Å²) in [6, 6.07) is 9.37. The van der Waals surface area contributed by atoms with Crippen LogP contribution in [-0.4, -0.2) is 33.6 Å². The van der Waals surface area contributed by atoms with E-state index in [9.17, 15) is 4.79 Å². The summed E-state index contributed by atoms with van der Waals surface area (Å²) < 4.78 is 5.16. The number of hydrogen-bond donors (Lipinski definition) is 2. The molecular formula is C19H18ClN5O2. The molecule has 2 heterocycles. The van der Waals surface area contributed by atoms with E-state index < -0.39 is 0 Å². The summed E-state index contributed by atoms with van der Waals surface area (Å²) in [7, 11) is 1.63. The van der Waals surface area contributed by atoms with Crippen molar-refractivity contribution in [2.45, 2.75) is 13.5 Å². The average Bonchev–Trinajstić information content (AvgIpc) is 3.05. The van der Waals surface area contributed by atoms with Gasteiger partial charge in [-0.3, -0.25) is 9.89 Å². The summed E-state index contributed by atoms with van der Waals surface area (Å²) in [4.78, 5) is 19.4. The number of halogens is 1. The van der Waals surface area contributed by atoms with Crippen LogP contribution < -0.4 is 10.1 Å². The van der Waals surface area contributed by atoms with Crippen LogP contribution in [0.1, 0.15) is 16.8 Å². The van der Waals surface area contributed by atoms with Crippen molar-refractivity contribution >= 4 is 29.8 Å². The Bertz CT molecular complexity index is 967. The third kappa shape index (κ3) is 4.51. The number of hydrogen-bond acceptors (Lipinski definition) is 6. The maximum absolute atomic E-state index is 10.6. The lowest BCUT2D eigenvalue weighted by Crippen LogP contribution is -2.03. The van der Waals surface area contributed by atoms with Crippen molar-refractivity contribution in [1.82, 2.24) is 20.2 Å². The third-order valence-electron chi connectivity index (χ3n) is 3.88. The minimum atomic E-state index is 0.295. The monoisotopic (exact) mass is 383 g/mol. The van der Waals surface area contributed by atoms with Gasteiger partial charge in [0.1, 0.15) is 28.7 Å². The first-order valence-electron chi connectivity index (χ1n) is 8.19. The fraction of sp³-hybridized carbons (Fsp3) is 0.158. The molecule has 0 radical (unpaired) electrons. The van der Waals surface area contributed by atoms with E-state index in [0.29, 0.717) is 35.3 Å². The highest BCUT2D eigenvalue weighted by molar-refractivity contribution is 6.29. The van der Waals surface area contributed by atoms with Gasteiger partial charge in [0.25, 0.3) is 0 Å². The highest BCUT2D eigenvalue weighted by Gasteiger charge is 2.14. The zero-order valence-electron chi connectivity index (χ0n) is 14.9. The Hall–Kier alpha value is -3.19. The summed E-state index contributed by atoms with van der Waals surface area (Å²) in [6.45, 7) is 2.42. The van der Waals surface area contributed by atoms with Crippen LogP contribution in [0.3, 0.4) is 0 Å². The number of rotatable bonds is 7. The predicted octanol–water partition coefficient (Wildman–Crippen LogP) is 3.66. The zero-order chi connectivity index (χ0) is 19.2. The van der Waals surface area contributed by atoms with Crippen LogP contribution in [0.25, 0.3) is 17.6 Å².